The normalized spacial score (nSPS) is 20.8. The fourth-order valence-corrected chi connectivity index (χ4v) is 3.75. The number of carbonyl (C=O) groups is 1. The summed E-state index contributed by atoms with van der Waals surface area (Å²) in [5, 5.41) is 6.19. The second-order valence-corrected chi connectivity index (χ2v) is 7.41. The number of rotatable bonds is 5. The van der Waals surface area contributed by atoms with Gasteiger partial charge < -0.3 is 10.1 Å². The van der Waals surface area contributed by atoms with Crippen molar-refractivity contribution < 1.29 is 9.53 Å². The molecular formula is C19H24N2O2S. The Morgan fingerprint density at radius 1 is 1.33 bits per heavy atom. The highest BCUT2D eigenvalue weighted by molar-refractivity contribution is 7.09. The van der Waals surface area contributed by atoms with Crippen LogP contribution >= 0.6 is 11.3 Å². The van der Waals surface area contributed by atoms with E-state index < -0.39 is 0 Å². The molecule has 2 atom stereocenters. The maximum absolute atomic E-state index is 12.6. The van der Waals surface area contributed by atoms with E-state index in [0.29, 0.717) is 6.54 Å². The van der Waals surface area contributed by atoms with Gasteiger partial charge in [-0.15, -0.1) is 11.3 Å². The smallest absolute Gasteiger partial charge is 0.226 e. The molecule has 1 amide bonds. The van der Waals surface area contributed by atoms with Crippen molar-refractivity contribution >= 4 is 17.2 Å². The van der Waals surface area contributed by atoms with Crippen molar-refractivity contribution in [1.82, 2.24) is 10.3 Å². The largest absolute Gasteiger partial charge is 0.373 e. The standard InChI is InChI=1S/C19H24N2O2S/c1-13-5-7-15(8-6-13)18-17(4-3-11-23-18)19(22)20-10-9-16-12-24-14(2)21-16/h5-8,12,17-18H,3-4,9-11H2,1-2H3,(H,20,22)/t17-,18+/m0/s1. The number of ether oxygens (including phenoxy) is 1. The number of nitrogens with zero attached hydrogens (tertiary/aromatic N) is 1. The molecule has 1 aromatic carbocycles. The lowest BCUT2D eigenvalue weighted by Gasteiger charge is -2.31. The molecule has 5 heteroatoms. The SMILES string of the molecule is Cc1ccc([C@H]2OCCC[C@@H]2C(=O)NCCc2csc(C)n2)cc1. The Bertz CT molecular complexity index is 681. The second kappa shape index (κ2) is 7.90. The molecule has 128 valence electrons. The zero-order chi connectivity index (χ0) is 16.9. The molecule has 24 heavy (non-hydrogen) atoms. The number of aryl methyl sites for hydroxylation is 2. The van der Waals surface area contributed by atoms with Crippen LogP contribution in [0.1, 0.15) is 40.8 Å². The lowest BCUT2D eigenvalue weighted by molar-refractivity contribution is -0.134. The van der Waals surface area contributed by atoms with E-state index in [-0.39, 0.29) is 17.9 Å². The van der Waals surface area contributed by atoms with Crippen molar-refractivity contribution in [2.24, 2.45) is 5.92 Å². The van der Waals surface area contributed by atoms with E-state index in [0.717, 1.165) is 42.1 Å². The van der Waals surface area contributed by atoms with Crippen molar-refractivity contribution in [2.75, 3.05) is 13.2 Å². The van der Waals surface area contributed by atoms with E-state index in [1.165, 1.54) is 5.56 Å². The van der Waals surface area contributed by atoms with Gasteiger partial charge >= 0.3 is 0 Å². The topological polar surface area (TPSA) is 51.2 Å². The van der Waals surface area contributed by atoms with Gasteiger partial charge in [0.1, 0.15) is 0 Å². The third-order valence-corrected chi connectivity index (χ3v) is 5.23. The van der Waals surface area contributed by atoms with Gasteiger partial charge in [-0.3, -0.25) is 4.79 Å². The van der Waals surface area contributed by atoms with Crippen molar-refractivity contribution in [3.63, 3.8) is 0 Å². The molecule has 1 fully saturated rings. The molecule has 1 aliphatic rings. The van der Waals surface area contributed by atoms with Gasteiger partial charge in [0.2, 0.25) is 5.91 Å². The van der Waals surface area contributed by atoms with Crippen LogP contribution in [-0.2, 0) is 16.0 Å². The van der Waals surface area contributed by atoms with Crippen LogP contribution in [0.25, 0.3) is 0 Å². The van der Waals surface area contributed by atoms with Gasteiger partial charge in [0, 0.05) is 25.0 Å². The minimum absolute atomic E-state index is 0.0900. The van der Waals surface area contributed by atoms with E-state index in [4.69, 9.17) is 4.74 Å². The van der Waals surface area contributed by atoms with Crippen molar-refractivity contribution in [2.45, 2.75) is 39.2 Å². The predicted octanol–water partition coefficient (Wildman–Crippen LogP) is 3.59. The highest BCUT2D eigenvalue weighted by Gasteiger charge is 2.32. The van der Waals surface area contributed by atoms with Gasteiger partial charge in [-0.1, -0.05) is 29.8 Å². The minimum Gasteiger partial charge on any atom is -0.373 e. The van der Waals surface area contributed by atoms with Crippen LogP contribution in [0, 0.1) is 19.8 Å². The number of thiazole rings is 1. The number of hydrogen-bond donors (Lipinski definition) is 1. The van der Waals surface area contributed by atoms with Crippen molar-refractivity contribution in [3.05, 3.63) is 51.5 Å². The van der Waals surface area contributed by atoms with Gasteiger partial charge in [0.15, 0.2) is 0 Å². The molecule has 2 heterocycles. The van der Waals surface area contributed by atoms with Gasteiger partial charge in [-0.2, -0.15) is 0 Å². The summed E-state index contributed by atoms with van der Waals surface area (Å²) in [6.45, 7) is 5.41. The molecular weight excluding hydrogens is 320 g/mol. The van der Waals surface area contributed by atoms with Crippen LogP contribution in [0.2, 0.25) is 0 Å². The van der Waals surface area contributed by atoms with Crippen LogP contribution in [0.3, 0.4) is 0 Å². The van der Waals surface area contributed by atoms with E-state index in [2.05, 4.69) is 46.9 Å². The van der Waals surface area contributed by atoms with Crippen molar-refractivity contribution in [3.8, 4) is 0 Å². The average molecular weight is 344 g/mol. The number of nitrogens with one attached hydrogen (secondary N) is 1. The number of benzene rings is 1. The van der Waals surface area contributed by atoms with E-state index in [1.807, 2.05) is 6.92 Å². The van der Waals surface area contributed by atoms with Crippen molar-refractivity contribution in [1.29, 1.82) is 0 Å². The summed E-state index contributed by atoms with van der Waals surface area (Å²) >= 11 is 1.65. The van der Waals surface area contributed by atoms with Crippen LogP contribution in [-0.4, -0.2) is 24.0 Å². The van der Waals surface area contributed by atoms with E-state index in [9.17, 15) is 4.79 Å². The van der Waals surface area contributed by atoms with Gasteiger partial charge in [-0.05, 0) is 32.3 Å². The Morgan fingerprint density at radius 3 is 2.83 bits per heavy atom. The lowest BCUT2D eigenvalue weighted by Crippen LogP contribution is -2.38. The van der Waals surface area contributed by atoms with Crippen LogP contribution in [0.15, 0.2) is 29.6 Å². The number of hydrogen-bond acceptors (Lipinski definition) is 4. The Morgan fingerprint density at radius 2 is 2.12 bits per heavy atom. The molecule has 4 nitrogen and oxygen atoms in total. The Balaban J connectivity index is 1.59. The van der Waals surface area contributed by atoms with Gasteiger partial charge in [0.25, 0.3) is 0 Å². The van der Waals surface area contributed by atoms with E-state index >= 15 is 0 Å². The molecule has 0 radical (unpaired) electrons. The number of amides is 1. The van der Waals surface area contributed by atoms with Gasteiger partial charge in [-0.25, -0.2) is 4.98 Å². The minimum atomic E-state index is -0.138. The Kier molecular flexibility index (Phi) is 5.63. The third-order valence-electron chi connectivity index (χ3n) is 4.41. The van der Waals surface area contributed by atoms with E-state index in [1.54, 1.807) is 11.3 Å². The molecule has 0 unspecified atom stereocenters. The first-order valence-corrected chi connectivity index (χ1v) is 9.38. The fourth-order valence-electron chi connectivity index (χ4n) is 3.10. The predicted molar refractivity (Wildman–Crippen MR) is 96.2 cm³/mol. The molecule has 3 rings (SSSR count). The Labute approximate surface area is 147 Å². The molecule has 0 aliphatic carbocycles. The number of aromatic nitrogens is 1. The number of carbonyl (C=O) groups excluding carboxylic acids is 1. The molecule has 0 saturated carbocycles. The zero-order valence-corrected chi connectivity index (χ0v) is 15.1. The molecule has 2 aromatic rings. The van der Waals surface area contributed by atoms with Gasteiger partial charge in [0.05, 0.1) is 22.7 Å². The highest BCUT2D eigenvalue weighted by Crippen LogP contribution is 2.33. The van der Waals surface area contributed by atoms with Crippen LogP contribution < -0.4 is 5.32 Å². The summed E-state index contributed by atoms with van der Waals surface area (Å²) in [4.78, 5) is 17.1. The summed E-state index contributed by atoms with van der Waals surface area (Å²) in [6.07, 6.45) is 2.45. The molecule has 1 aliphatic heterocycles. The monoisotopic (exact) mass is 344 g/mol. The molecule has 1 N–H and O–H groups in total. The zero-order valence-electron chi connectivity index (χ0n) is 14.2. The first-order chi connectivity index (χ1) is 11.6. The summed E-state index contributed by atoms with van der Waals surface area (Å²) < 4.78 is 5.93. The highest BCUT2D eigenvalue weighted by atomic mass is 32.1. The molecule has 0 spiro atoms. The second-order valence-electron chi connectivity index (χ2n) is 6.35. The fraction of sp³-hybridized carbons (Fsp3) is 0.474. The molecule has 0 bridgehead atoms. The maximum atomic E-state index is 12.6. The first kappa shape index (κ1) is 17.1. The quantitative estimate of drug-likeness (QED) is 0.902. The van der Waals surface area contributed by atoms with Crippen LogP contribution in [0.5, 0.6) is 0 Å². The third kappa shape index (κ3) is 4.22. The first-order valence-electron chi connectivity index (χ1n) is 8.50. The Hall–Kier alpha value is -1.72. The summed E-state index contributed by atoms with van der Waals surface area (Å²) in [5.74, 6) is -0.0224. The lowest BCUT2D eigenvalue weighted by atomic mass is 9.88. The summed E-state index contributed by atoms with van der Waals surface area (Å²) in [7, 11) is 0. The van der Waals surface area contributed by atoms with Crippen LogP contribution in [0.4, 0.5) is 0 Å². The molecule has 1 saturated heterocycles. The maximum Gasteiger partial charge on any atom is 0.226 e. The summed E-state index contributed by atoms with van der Waals surface area (Å²) in [6, 6.07) is 8.30. The summed E-state index contributed by atoms with van der Waals surface area (Å²) in [5.41, 5.74) is 3.36. The molecule has 1 aromatic heterocycles. The average Bonchev–Trinajstić information content (AvgIpc) is 3.01.